The van der Waals surface area contributed by atoms with Crippen LogP contribution in [-0.4, -0.2) is 89.4 Å². The Morgan fingerprint density at radius 3 is 2.45 bits per heavy atom. The van der Waals surface area contributed by atoms with Crippen molar-refractivity contribution in [1.29, 1.82) is 0 Å². The normalized spacial score (nSPS) is 20.6. The first-order valence-corrected chi connectivity index (χ1v) is 11.9. The van der Waals surface area contributed by atoms with Gasteiger partial charge in [0.15, 0.2) is 5.75 Å². The Morgan fingerprint density at radius 2 is 1.86 bits per heavy atom. The van der Waals surface area contributed by atoms with Crippen molar-refractivity contribution in [2.45, 2.75) is 25.8 Å². The summed E-state index contributed by atoms with van der Waals surface area (Å²) in [6.45, 7) is 8.94. The van der Waals surface area contributed by atoms with Gasteiger partial charge in [0, 0.05) is 78.9 Å². The largest absolute Gasteiger partial charge is 0.490 e. The number of ether oxygens (including phenoxy) is 1. The molecule has 1 aromatic carbocycles. The predicted octanol–water partition coefficient (Wildman–Crippen LogP) is 1.96. The fourth-order valence-electron chi connectivity index (χ4n) is 4.24. The van der Waals surface area contributed by atoms with E-state index < -0.39 is 15.7 Å². The molecular weight excluding hydrogens is 392 g/mol. The van der Waals surface area contributed by atoms with E-state index in [1.54, 1.807) is 6.07 Å². The lowest BCUT2D eigenvalue weighted by Crippen LogP contribution is -2.53. The van der Waals surface area contributed by atoms with Gasteiger partial charge < -0.3 is 14.5 Å². The number of hydrogen-bond acceptors (Lipinski definition) is 7. The summed E-state index contributed by atoms with van der Waals surface area (Å²) in [5.41, 5.74) is 0.982. The molecule has 8 nitrogen and oxygen atoms in total. The van der Waals surface area contributed by atoms with Crippen LogP contribution in [0, 0.1) is 10.1 Å². The second kappa shape index (κ2) is 10.4. The van der Waals surface area contributed by atoms with Crippen LogP contribution in [0.5, 0.6) is 5.75 Å². The van der Waals surface area contributed by atoms with Gasteiger partial charge in [-0.2, -0.15) is 0 Å². The molecule has 162 valence electrons. The Labute approximate surface area is 175 Å². The molecule has 2 fully saturated rings. The van der Waals surface area contributed by atoms with Gasteiger partial charge in [-0.1, -0.05) is 6.92 Å². The maximum Gasteiger partial charge on any atom is 0.311 e. The minimum absolute atomic E-state index is 0.00409. The van der Waals surface area contributed by atoms with Gasteiger partial charge in [-0.05, 0) is 32.0 Å². The number of likely N-dealkylation sites (tertiary alicyclic amines) is 1. The number of anilines is 1. The number of hydrogen-bond donors (Lipinski definition) is 0. The Bertz CT molecular complexity index is 716. The molecule has 0 spiro atoms. The summed E-state index contributed by atoms with van der Waals surface area (Å²) in [5.74, 6) is 1.85. The van der Waals surface area contributed by atoms with E-state index in [4.69, 9.17) is 4.74 Å². The van der Waals surface area contributed by atoms with Gasteiger partial charge in [0.2, 0.25) is 0 Å². The zero-order valence-corrected chi connectivity index (χ0v) is 18.2. The monoisotopic (exact) mass is 424 g/mol. The van der Waals surface area contributed by atoms with Crippen LogP contribution in [-0.2, 0) is 10.8 Å². The molecule has 2 aliphatic heterocycles. The van der Waals surface area contributed by atoms with Crippen molar-refractivity contribution in [2.75, 3.05) is 69.3 Å². The third-order valence-corrected chi connectivity index (χ3v) is 7.35. The predicted molar refractivity (Wildman–Crippen MR) is 116 cm³/mol. The molecule has 1 unspecified atom stereocenters. The molecule has 9 heteroatoms. The molecule has 0 radical (unpaired) electrons. The van der Waals surface area contributed by atoms with Crippen LogP contribution in [0.2, 0.25) is 0 Å². The van der Waals surface area contributed by atoms with Crippen molar-refractivity contribution in [3.63, 3.8) is 0 Å². The first-order chi connectivity index (χ1) is 14.0. The number of nitro groups is 1. The Kier molecular flexibility index (Phi) is 7.85. The van der Waals surface area contributed by atoms with Crippen molar-refractivity contribution in [2.24, 2.45) is 0 Å². The van der Waals surface area contributed by atoms with E-state index in [0.29, 0.717) is 11.8 Å². The lowest BCUT2D eigenvalue weighted by atomic mass is 10.0. The van der Waals surface area contributed by atoms with Crippen LogP contribution >= 0.6 is 0 Å². The van der Waals surface area contributed by atoms with E-state index in [9.17, 15) is 14.3 Å². The fourth-order valence-corrected chi connectivity index (χ4v) is 4.99. The number of nitrogens with zero attached hydrogens (tertiary/aromatic N) is 4. The van der Waals surface area contributed by atoms with Gasteiger partial charge in [-0.25, -0.2) is 0 Å². The summed E-state index contributed by atoms with van der Waals surface area (Å²) in [6.07, 6.45) is 2.34. The highest BCUT2D eigenvalue weighted by molar-refractivity contribution is 7.84. The third-order valence-electron chi connectivity index (χ3n) is 6.07. The topological polar surface area (TPSA) is 79.2 Å². The van der Waals surface area contributed by atoms with E-state index in [1.807, 2.05) is 13.0 Å². The maximum absolute atomic E-state index is 11.6. The first kappa shape index (κ1) is 22.0. The summed E-state index contributed by atoms with van der Waals surface area (Å²) in [6, 6.07) is 5.74. The highest BCUT2D eigenvalue weighted by Crippen LogP contribution is 2.32. The van der Waals surface area contributed by atoms with Crippen molar-refractivity contribution >= 4 is 22.2 Å². The average molecular weight is 425 g/mol. The summed E-state index contributed by atoms with van der Waals surface area (Å²) in [7, 11) is 0.794. The molecule has 3 rings (SSSR count). The molecule has 0 N–H and O–H groups in total. The molecule has 1 aromatic rings. The number of methoxy groups -OCH3 is 1. The Morgan fingerprint density at radius 1 is 1.17 bits per heavy atom. The zero-order chi connectivity index (χ0) is 20.8. The van der Waals surface area contributed by atoms with Gasteiger partial charge in [0.1, 0.15) is 0 Å². The van der Waals surface area contributed by atoms with Gasteiger partial charge in [0.25, 0.3) is 0 Å². The van der Waals surface area contributed by atoms with Crippen molar-refractivity contribution in [1.82, 2.24) is 9.80 Å². The Hall–Kier alpha value is -1.71. The Balaban J connectivity index is 1.48. The maximum atomic E-state index is 11.6. The first-order valence-electron chi connectivity index (χ1n) is 10.4. The van der Waals surface area contributed by atoms with Crippen LogP contribution in [0.15, 0.2) is 18.2 Å². The highest BCUT2D eigenvalue weighted by Gasteiger charge is 2.28. The molecular formula is C20H32N4O4S. The van der Waals surface area contributed by atoms with Crippen LogP contribution in [0.4, 0.5) is 11.4 Å². The molecule has 29 heavy (non-hydrogen) atoms. The van der Waals surface area contributed by atoms with E-state index >= 15 is 0 Å². The quantitative estimate of drug-likeness (QED) is 0.466. The number of piperidine rings is 1. The minimum Gasteiger partial charge on any atom is -0.490 e. The van der Waals surface area contributed by atoms with E-state index in [2.05, 4.69) is 14.7 Å². The molecule has 2 aliphatic rings. The van der Waals surface area contributed by atoms with Crippen molar-refractivity contribution in [3.05, 3.63) is 28.3 Å². The molecule has 0 bridgehead atoms. The highest BCUT2D eigenvalue weighted by atomic mass is 32.2. The third kappa shape index (κ3) is 5.67. The van der Waals surface area contributed by atoms with Crippen LogP contribution in [0.1, 0.15) is 19.8 Å². The van der Waals surface area contributed by atoms with E-state index in [-0.39, 0.29) is 5.69 Å². The fraction of sp³-hybridized carbons (Fsp3) is 0.700. The molecule has 0 saturated carbocycles. The van der Waals surface area contributed by atoms with Gasteiger partial charge in [-0.15, -0.1) is 0 Å². The average Bonchev–Trinajstić information content (AvgIpc) is 2.77. The molecule has 2 heterocycles. The number of rotatable bonds is 8. The lowest BCUT2D eigenvalue weighted by Gasteiger charge is -2.43. The van der Waals surface area contributed by atoms with Crippen LogP contribution in [0.3, 0.4) is 0 Å². The van der Waals surface area contributed by atoms with Gasteiger partial charge in [0.05, 0.1) is 12.0 Å². The second-order valence-corrected chi connectivity index (χ2v) is 9.51. The summed E-state index contributed by atoms with van der Waals surface area (Å²) < 4.78 is 16.8. The molecule has 1 atom stereocenters. The lowest BCUT2D eigenvalue weighted by molar-refractivity contribution is -0.385. The standard InChI is InChI=1S/C20H32N4O4S/c1-3-29(27)15-14-21-8-6-17(7-9-21)22-10-12-23(13-11-22)18-4-5-19(24(25)26)20(16-18)28-2/h4-5,16-17H,3,6-15H2,1-2H3. The number of piperazine rings is 1. The van der Waals surface area contributed by atoms with Crippen molar-refractivity contribution in [3.8, 4) is 5.75 Å². The van der Waals surface area contributed by atoms with Gasteiger partial charge >= 0.3 is 5.69 Å². The molecule has 0 aliphatic carbocycles. The second-order valence-electron chi connectivity index (χ2n) is 7.64. The smallest absolute Gasteiger partial charge is 0.311 e. The number of nitro benzene ring substituents is 1. The SMILES string of the molecule is CCS(=O)CCN1CCC(N2CCN(c3ccc([N+](=O)[O-])c(OC)c3)CC2)CC1. The van der Waals surface area contributed by atoms with Crippen molar-refractivity contribution < 1.29 is 13.9 Å². The molecule has 0 aromatic heterocycles. The van der Waals surface area contributed by atoms with E-state index in [0.717, 1.165) is 63.0 Å². The molecule has 0 amide bonds. The van der Waals surface area contributed by atoms with Gasteiger partial charge in [-0.3, -0.25) is 19.2 Å². The van der Waals surface area contributed by atoms with E-state index in [1.165, 1.54) is 26.0 Å². The summed E-state index contributed by atoms with van der Waals surface area (Å²) in [4.78, 5) is 18.0. The van der Waals surface area contributed by atoms with Crippen LogP contribution < -0.4 is 9.64 Å². The number of benzene rings is 1. The zero-order valence-electron chi connectivity index (χ0n) is 17.4. The summed E-state index contributed by atoms with van der Waals surface area (Å²) in [5, 5.41) is 11.1. The minimum atomic E-state index is -0.675. The van der Waals surface area contributed by atoms with Crippen LogP contribution in [0.25, 0.3) is 0 Å². The summed E-state index contributed by atoms with van der Waals surface area (Å²) >= 11 is 0. The molecule has 2 saturated heterocycles.